The Morgan fingerprint density at radius 2 is 1.69 bits per heavy atom. The highest BCUT2D eigenvalue weighted by Gasteiger charge is 2.15. The number of benzene rings is 1. The van der Waals surface area contributed by atoms with Crippen LogP contribution in [0.15, 0.2) is 29.3 Å². The number of nitrogens with two attached hydrogens (primary N) is 1. The van der Waals surface area contributed by atoms with E-state index in [2.05, 4.69) is 20.9 Å². The van der Waals surface area contributed by atoms with E-state index in [4.69, 9.17) is 10.5 Å². The Morgan fingerprint density at radius 1 is 1.08 bits per heavy atom. The van der Waals surface area contributed by atoms with Gasteiger partial charge in [0.25, 0.3) is 0 Å². The molecule has 0 aliphatic rings. The van der Waals surface area contributed by atoms with Crippen LogP contribution in [0.4, 0.5) is 4.79 Å². The molecule has 0 spiro atoms. The summed E-state index contributed by atoms with van der Waals surface area (Å²) in [5, 5.41) is 9.04. The van der Waals surface area contributed by atoms with Crippen LogP contribution >= 0.6 is 0 Å². The Balaban J connectivity index is 2.25. The standard InChI is InChI=1S/C18H29N5O3/c1-18(2,3)26-17(25)22-11-5-10-21-16(20-4)23-12-13-6-8-14(9-7-13)15(19)24/h6-9H,5,10-12H2,1-4H3,(H2,19,24)(H,22,25)(H2,20,21,23). The molecule has 8 nitrogen and oxygen atoms in total. The summed E-state index contributed by atoms with van der Waals surface area (Å²) < 4.78 is 5.16. The highest BCUT2D eigenvalue weighted by atomic mass is 16.6. The minimum Gasteiger partial charge on any atom is -0.444 e. The van der Waals surface area contributed by atoms with Crippen LogP contribution < -0.4 is 21.7 Å². The lowest BCUT2D eigenvalue weighted by atomic mass is 10.1. The second-order valence-corrected chi connectivity index (χ2v) is 6.70. The second-order valence-electron chi connectivity index (χ2n) is 6.70. The lowest BCUT2D eigenvalue weighted by molar-refractivity contribution is 0.0527. The van der Waals surface area contributed by atoms with Gasteiger partial charge in [-0.2, -0.15) is 0 Å². The second kappa shape index (κ2) is 10.3. The third-order valence-electron chi connectivity index (χ3n) is 3.24. The molecule has 0 atom stereocenters. The highest BCUT2D eigenvalue weighted by molar-refractivity contribution is 5.92. The van der Waals surface area contributed by atoms with Crippen LogP contribution in [0.5, 0.6) is 0 Å². The van der Waals surface area contributed by atoms with Crippen LogP contribution in [0.1, 0.15) is 43.1 Å². The number of amides is 2. The van der Waals surface area contributed by atoms with Gasteiger partial charge < -0.3 is 26.4 Å². The zero-order valence-corrected chi connectivity index (χ0v) is 15.9. The molecule has 1 aromatic carbocycles. The average Bonchev–Trinajstić information content (AvgIpc) is 2.56. The first-order valence-corrected chi connectivity index (χ1v) is 8.51. The fourth-order valence-electron chi connectivity index (χ4n) is 1.99. The summed E-state index contributed by atoms with van der Waals surface area (Å²) in [7, 11) is 1.68. The van der Waals surface area contributed by atoms with Crippen LogP contribution in [0.2, 0.25) is 0 Å². The van der Waals surface area contributed by atoms with E-state index >= 15 is 0 Å². The van der Waals surface area contributed by atoms with E-state index in [1.54, 1.807) is 19.2 Å². The molecule has 0 aliphatic carbocycles. The largest absolute Gasteiger partial charge is 0.444 e. The molecule has 8 heteroatoms. The molecule has 0 heterocycles. The molecule has 1 aromatic rings. The van der Waals surface area contributed by atoms with Gasteiger partial charge in [-0.1, -0.05) is 12.1 Å². The van der Waals surface area contributed by atoms with Crippen molar-refractivity contribution in [1.29, 1.82) is 0 Å². The number of rotatable bonds is 7. The molecular formula is C18H29N5O3. The lowest BCUT2D eigenvalue weighted by Gasteiger charge is -2.19. The van der Waals surface area contributed by atoms with Crippen molar-refractivity contribution in [2.45, 2.75) is 39.3 Å². The van der Waals surface area contributed by atoms with Crippen molar-refractivity contribution < 1.29 is 14.3 Å². The molecule has 0 bridgehead atoms. The Hall–Kier alpha value is -2.77. The molecule has 5 N–H and O–H groups in total. The molecule has 0 saturated heterocycles. The van der Waals surface area contributed by atoms with Gasteiger partial charge in [0.05, 0.1) is 0 Å². The van der Waals surface area contributed by atoms with Crippen molar-refractivity contribution in [1.82, 2.24) is 16.0 Å². The number of primary amides is 1. The maximum atomic E-state index is 11.5. The van der Waals surface area contributed by atoms with Crippen LogP contribution in [-0.4, -0.2) is 43.7 Å². The number of hydrogen-bond donors (Lipinski definition) is 4. The number of carbonyl (C=O) groups is 2. The number of carbonyl (C=O) groups excluding carboxylic acids is 2. The Kier molecular flexibility index (Phi) is 8.41. The van der Waals surface area contributed by atoms with Gasteiger partial charge in [-0.3, -0.25) is 9.79 Å². The molecule has 1 rings (SSSR count). The number of nitrogens with zero attached hydrogens (tertiary/aromatic N) is 1. The highest BCUT2D eigenvalue weighted by Crippen LogP contribution is 2.06. The molecule has 0 saturated carbocycles. The van der Waals surface area contributed by atoms with E-state index in [0.29, 0.717) is 31.2 Å². The number of nitrogens with one attached hydrogen (secondary N) is 3. The lowest BCUT2D eigenvalue weighted by Crippen LogP contribution is -2.39. The summed E-state index contributed by atoms with van der Waals surface area (Å²) in [6, 6.07) is 7.06. The van der Waals surface area contributed by atoms with Crippen molar-refractivity contribution >= 4 is 18.0 Å². The van der Waals surface area contributed by atoms with Gasteiger partial charge in [0.15, 0.2) is 5.96 Å². The zero-order chi connectivity index (χ0) is 19.6. The van der Waals surface area contributed by atoms with E-state index < -0.39 is 17.6 Å². The van der Waals surface area contributed by atoms with Gasteiger partial charge in [0.2, 0.25) is 5.91 Å². The van der Waals surface area contributed by atoms with E-state index in [-0.39, 0.29) is 0 Å². The molecule has 0 aliphatic heterocycles. The SMILES string of the molecule is CN=C(NCCCNC(=O)OC(C)(C)C)NCc1ccc(C(N)=O)cc1. The minimum absolute atomic E-state index is 0.417. The van der Waals surface area contributed by atoms with Gasteiger partial charge >= 0.3 is 6.09 Å². The Labute approximate surface area is 154 Å². The third kappa shape index (κ3) is 8.91. The van der Waals surface area contributed by atoms with Crippen LogP contribution in [-0.2, 0) is 11.3 Å². The first-order chi connectivity index (χ1) is 12.2. The Morgan fingerprint density at radius 3 is 2.23 bits per heavy atom. The van der Waals surface area contributed by atoms with Crippen molar-refractivity contribution in [3.8, 4) is 0 Å². The first-order valence-electron chi connectivity index (χ1n) is 8.51. The summed E-state index contributed by atoms with van der Waals surface area (Å²) >= 11 is 0. The van der Waals surface area contributed by atoms with E-state index in [9.17, 15) is 9.59 Å². The van der Waals surface area contributed by atoms with Gasteiger partial charge in [-0.15, -0.1) is 0 Å². The zero-order valence-electron chi connectivity index (χ0n) is 15.9. The predicted octanol–water partition coefficient (Wildman–Crippen LogP) is 1.37. The van der Waals surface area contributed by atoms with E-state index in [1.807, 2.05) is 32.9 Å². The maximum Gasteiger partial charge on any atom is 0.407 e. The predicted molar refractivity (Wildman–Crippen MR) is 102 cm³/mol. The van der Waals surface area contributed by atoms with Crippen LogP contribution in [0.3, 0.4) is 0 Å². The van der Waals surface area contributed by atoms with Gasteiger partial charge in [0.1, 0.15) is 5.60 Å². The quantitative estimate of drug-likeness (QED) is 0.331. The van der Waals surface area contributed by atoms with Crippen molar-refractivity contribution in [2.75, 3.05) is 20.1 Å². The first kappa shape index (κ1) is 21.3. The number of hydrogen-bond acceptors (Lipinski definition) is 4. The number of guanidine groups is 1. The molecule has 26 heavy (non-hydrogen) atoms. The fourth-order valence-corrected chi connectivity index (χ4v) is 1.99. The molecule has 144 valence electrons. The fraction of sp³-hybridized carbons (Fsp3) is 0.500. The van der Waals surface area contributed by atoms with Crippen molar-refractivity contribution in [3.05, 3.63) is 35.4 Å². The molecule has 0 fully saturated rings. The van der Waals surface area contributed by atoms with E-state index in [1.165, 1.54) is 0 Å². The maximum absolute atomic E-state index is 11.5. The molecule has 0 aromatic heterocycles. The van der Waals surface area contributed by atoms with Gasteiger partial charge in [-0.25, -0.2) is 4.79 Å². The number of ether oxygens (including phenoxy) is 1. The van der Waals surface area contributed by atoms with Crippen LogP contribution in [0, 0.1) is 0 Å². The van der Waals surface area contributed by atoms with Crippen molar-refractivity contribution in [3.63, 3.8) is 0 Å². The van der Waals surface area contributed by atoms with Crippen molar-refractivity contribution in [2.24, 2.45) is 10.7 Å². The third-order valence-corrected chi connectivity index (χ3v) is 3.24. The van der Waals surface area contributed by atoms with Gasteiger partial charge in [0, 0.05) is 32.2 Å². The molecule has 0 radical (unpaired) electrons. The number of alkyl carbamates (subject to hydrolysis) is 1. The minimum atomic E-state index is -0.496. The van der Waals surface area contributed by atoms with Gasteiger partial charge in [-0.05, 0) is 44.9 Å². The summed E-state index contributed by atoms with van der Waals surface area (Å²) in [6.45, 7) is 7.19. The summed E-state index contributed by atoms with van der Waals surface area (Å²) in [5.74, 6) is 0.211. The van der Waals surface area contributed by atoms with Crippen LogP contribution in [0.25, 0.3) is 0 Å². The topological polar surface area (TPSA) is 118 Å². The molecular weight excluding hydrogens is 334 g/mol. The summed E-state index contributed by atoms with van der Waals surface area (Å²) in [4.78, 5) is 26.7. The van der Waals surface area contributed by atoms with E-state index in [0.717, 1.165) is 12.0 Å². The molecule has 0 unspecified atom stereocenters. The number of aliphatic imine (C=N–C) groups is 1. The smallest absolute Gasteiger partial charge is 0.407 e. The Bertz CT molecular complexity index is 621. The summed E-state index contributed by atoms with van der Waals surface area (Å²) in [6.07, 6.45) is 0.312. The normalized spacial score (nSPS) is 11.6. The molecule has 2 amide bonds. The monoisotopic (exact) mass is 363 g/mol. The average molecular weight is 363 g/mol. The summed E-state index contributed by atoms with van der Waals surface area (Å²) in [5.41, 5.74) is 6.21.